The molecule has 7 nitrogen and oxygen atoms in total. The van der Waals surface area contributed by atoms with E-state index in [4.69, 9.17) is 33.4 Å². The highest BCUT2D eigenvalue weighted by Gasteiger charge is 2.31. The van der Waals surface area contributed by atoms with Gasteiger partial charge in [-0.2, -0.15) is 13.2 Å². The van der Waals surface area contributed by atoms with E-state index in [1.165, 1.54) is 6.07 Å². The third-order valence-electron chi connectivity index (χ3n) is 3.34. The second-order valence-corrected chi connectivity index (χ2v) is 6.71. The van der Waals surface area contributed by atoms with E-state index in [0.717, 1.165) is 24.3 Å². The van der Waals surface area contributed by atoms with Crippen molar-refractivity contribution in [2.75, 3.05) is 6.61 Å². The van der Waals surface area contributed by atoms with Gasteiger partial charge in [0.25, 0.3) is 11.6 Å². The number of amides is 1. The van der Waals surface area contributed by atoms with Crippen LogP contribution in [0.3, 0.4) is 0 Å². The molecule has 0 saturated carbocycles. The Morgan fingerprint density at radius 3 is 2.52 bits per heavy atom. The number of alkyl halides is 3. The molecule has 0 aliphatic heterocycles. The molecule has 0 aliphatic rings. The number of carbonyl (C=O) groups is 1. The largest absolute Gasteiger partial charge is 0.456 e. The number of halogens is 4. The zero-order valence-electron chi connectivity index (χ0n) is 14.6. The van der Waals surface area contributed by atoms with Gasteiger partial charge in [0.1, 0.15) is 23.7 Å². The summed E-state index contributed by atoms with van der Waals surface area (Å²) in [6, 6.07) is 5.66. The molecule has 2 aromatic carbocycles. The first-order chi connectivity index (χ1) is 13.5. The summed E-state index contributed by atoms with van der Waals surface area (Å²) >= 11 is 10.6. The smallest absolute Gasteiger partial charge is 0.416 e. The first-order valence-corrected chi connectivity index (χ1v) is 8.52. The molecule has 1 N–H and O–H groups in total. The van der Waals surface area contributed by atoms with Crippen LogP contribution in [0.4, 0.5) is 18.9 Å². The first kappa shape index (κ1) is 22.5. The van der Waals surface area contributed by atoms with Gasteiger partial charge in [-0.25, -0.2) is 5.48 Å². The zero-order valence-corrected chi connectivity index (χ0v) is 16.2. The summed E-state index contributed by atoms with van der Waals surface area (Å²) in [6.45, 7) is 1.50. The summed E-state index contributed by atoms with van der Waals surface area (Å²) in [4.78, 5) is 27.8. The number of ether oxygens (including phenoxy) is 1. The van der Waals surface area contributed by atoms with Crippen molar-refractivity contribution in [1.82, 2.24) is 5.48 Å². The number of hydroxylamine groups is 1. The highest BCUT2D eigenvalue weighted by atomic mass is 35.5. The molecule has 1 amide bonds. The molecule has 0 fully saturated rings. The third-order valence-corrected chi connectivity index (χ3v) is 3.75. The molecule has 29 heavy (non-hydrogen) atoms. The summed E-state index contributed by atoms with van der Waals surface area (Å²) < 4.78 is 43.5. The van der Waals surface area contributed by atoms with Crippen molar-refractivity contribution in [3.05, 3.63) is 62.7 Å². The van der Waals surface area contributed by atoms with E-state index in [1.807, 2.05) is 5.48 Å². The van der Waals surface area contributed by atoms with Crippen molar-refractivity contribution < 1.29 is 32.5 Å². The summed E-state index contributed by atoms with van der Waals surface area (Å²) in [5.74, 6) is -1.13. The van der Waals surface area contributed by atoms with Crippen LogP contribution in [0, 0.1) is 10.1 Å². The van der Waals surface area contributed by atoms with Crippen LogP contribution >= 0.6 is 23.8 Å². The summed E-state index contributed by atoms with van der Waals surface area (Å²) in [5, 5.41) is 10.8. The number of nitro benzene ring substituents is 1. The number of nitrogens with zero attached hydrogens (tertiary/aromatic N) is 1. The summed E-state index contributed by atoms with van der Waals surface area (Å²) in [7, 11) is 0. The van der Waals surface area contributed by atoms with Gasteiger partial charge in [-0.15, -0.1) is 0 Å². The standard InChI is InChI=1S/C17H12ClF3N2O5S/c1-9(29)8-27-22-16(24)12-7-11(3-4-14(12)23(25)26)28-15-5-2-10(6-13(15)18)17(19,20)21/h2-7H,8H2,1H3,(H,22,24). The van der Waals surface area contributed by atoms with Gasteiger partial charge in [0.15, 0.2) is 0 Å². The molecule has 154 valence electrons. The number of nitrogens with one attached hydrogen (secondary N) is 1. The number of carbonyl (C=O) groups excluding carboxylic acids is 1. The van der Waals surface area contributed by atoms with Crippen LogP contribution in [0.2, 0.25) is 5.02 Å². The van der Waals surface area contributed by atoms with Gasteiger partial charge in [-0.05, 0) is 31.2 Å². The maximum atomic E-state index is 12.7. The lowest BCUT2D eigenvalue weighted by Gasteiger charge is -2.12. The minimum absolute atomic E-state index is 0.0616. The molecule has 0 saturated heterocycles. The second kappa shape index (κ2) is 9.16. The van der Waals surface area contributed by atoms with Crippen molar-refractivity contribution in [2.24, 2.45) is 0 Å². The molecule has 0 unspecified atom stereocenters. The lowest BCUT2D eigenvalue weighted by molar-refractivity contribution is -0.385. The maximum absolute atomic E-state index is 12.7. The quantitative estimate of drug-likeness (QED) is 0.359. The van der Waals surface area contributed by atoms with E-state index in [1.54, 1.807) is 6.92 Å². The minimum atomic E-state index is -4.58. The Morgan fingerprint density at radius 2 is 1.97 bits per heavy atom. The predicted octanol–water partition coefficient (Wildman–Crippen LogP) is 5.11. The molecular formula is C17H12ClF3N2O5S. The summed E-state index contributed by atoms with van der Waals surface area (Å²) in [6.07, 6.45) is -4.58. The predicted molar refractivity (Wildman–Crippen MR) is 101 cm³/mol. The fraction of sp³-hybridized carbons (Fsp3) is 0.176. The van der Waals surface area contributed by atoms with Gasteiger partial charge >= 0.3 is 6.18 Å². The Bertz CT molecular complexity index is 969. The molecule has 0 aliphatic carbocycles. The minimum Gasteiger partial charge on any atom is -0.456 e. The van der Waals surface area contributed by atoms with E-state index in [0.29, 0.717) is 10.9 Å². The molecule has 0 atom stereocenters. The first-order valence-electron chi connectivity index (χ1n) is 7.73. The van der Waals surface area contributed by atoms with E-state index >= 15 is 0 Å². The van der Waals surface area contributed by atoms with Crippen LogP contribution in [0.15, 0.2) is 36.4 Å². The van der Waals surface area contributed by atoms with E-state index in [9.17, 15) is 28.1 Å². The lowest BCUT2D eigenvalue weighted by Crippen LogP contribution is -2.26. The fourth-order valence-electron chi connectivity index (χ4n) is 2.06. The van der Waals surface area contributed by atoms with Crippen LogP contribution in [0.25, 0.3) is 0 Å². The van der Waals surface area contributed by atoms with Gasteiger partial charge in [-0.3, -0.25) is 19.7 Å². The van der Waals surface area contributed by atoms with Gasteiger partial charge in [0.2, 0.25) is 0 Å². The van der Waals surface area contributed by atoms with Crippen LogP contribution < -0.4 is 10.2 Å². The number of rotatable bonds is 7. The third kappa shape index (κ3) is 6.11. The van der Waals surface area contributed by atoms with Gasteiger partial charge < -0.3 is 4.74 Å². The number of thiocarbonyl (C=S) groups is 1. The molecule has 12 heteroatoms. The molecule has 0 radical (unpaired) electrons. The number of nitro groups is 1. The Hall–Kier alpha value is -2.76. The Labute approximate surface area is 172 Å². The fourth-order valence-corrected chi connectivity index (χ4v) is 2.34. The van der Waals surface area contributed by atoms with Crippen LogP contribution in [-0.4, -0.2) is 22.3 Å². The SMILES string of the molecule is CC(=S)CONC(=O)c1cc(Oc2ccc(C(F)(F)F)cc2Cl)ccc1[N+](=O)[O-]. The summed E-state index contributed by atoms with van der Waals surface area (Å²) in [5.41, 5.74) is 0.124. The molecule has 0 heterocycles. The lowest BCUT2D eigenvalue weighted by atomic mass is 10.1. The topological polar surface area (TPSA) is 90.7 Å². The van der Waals surface area contributed by atoms with Crippen molar-refractivity contribution in [1.29, 1.82) is 0 Å². The van der Waals surface area contributed by atoms with Gasteiger partial charge in [0.05, 0.1) is 15.5 Å². The van der Waals surface area contributed by atoms with Crippen LogP contribution in [-0.2, 0) is 11.0 Å². The Morgan fingerprint density at radius 1 is 1.28 bits per heavy atom. The average molecular weight is 449 g/mol. The van der Waals surface area contributed by atoms with Crippen LogP contribution in [0.1, 0.15) is 22.8 Å². The van der Waals surface area contributed by atoms with Crippen molar-refractivity contribution in [2.45, 2.75) is 13.1 Å². The molecule has 0 aromatic heterocycles. The molecule has 2 aromatic rings. The highest BCUT2D eigenvalue weighted by Crippen LogP contribution is 2.37. The van der Waals surface area contributed by atoms with Crippen molar-refractivity contribution in [3.63, 3.8) is 0 Å². The number of benzene rings is 2. The number of hydrogen-bond acceptors (Lipinski definition) is 6. The van der Waals surface area contributed by atoms with Gasteiger partial charge in [-0.1, -0.05) is 23.8 Å². The van der Waals surface area contributed by atoms with Crippen LogP contribution in [0.5, 0.6) is 11.5 Å². The number of hydrogen-bond donors (Lipinski definition) is 1. The van der Waals surface area contributed by atoms with E-state index in [-0.39, 0.29) is 23.1 Å². The second-order valence-electron chi connectivity index (χ2n) is 5.60. The molecular weight excluding hydrogens is 437 g/mol. The van der Waals surface area contributed by atoms with E-state index < -0.39 is 33.8 Å². The van der Waals surface area contributed by atoms with Crippen molar-refractivity contribution >= 4 is 40.3 Å². The molecule has 2 rings (SSSR count). The van der Waals surface area contributed by atoms with Gasteiger partial charge in [0, 0.05) is 17.0 Å². The van der Waals surface area contributed by atoms with E-state index in [2.05, 4.69) is 0 Å². The molecule has 0 spiro atoms. The highest BCUT2D eigenvalue weighted by molar-refractivity contribution is 7.80. The zero-order chi connectivity index (χ0) is 21.8. The van der Waals surface area contributed by atoms with Crippen molar-refractivity contribution in [3.8, 4) is 11.5 Å². The Kier molecular flexibility index (Phi) is 7.11. The Balaban J connectivity index is 2.29. The normalized spacial score (nSPS) is 11.1. The monoisotopic (exact) mass is 448 g/mol. The molecule has 0 bridgehead atoms. The maximum Gasteiger partial charge on any atom is 0.416 e. The average Bonchev–Trinajstić information content (AvgIpc) is 2.61.